The molecule has 0 amide bonds. The van der Waals surface area contributed by atoms with Crippen LogP contribution >= 0.6 is 22.7 Å². The Morgan fingerprint density at radius 2 is 2.11 bits per heavy atom. The van der Waals surface area contributed by atoms with Crippen molar-refractivity contribution in [2.24, 2.45) is 0 Å². The molecule has 19 heavy (non-hydrogen) atoms. The number of nitrogens with one attached hydrogen (secondary N) is 2. The number of hydrogen-bond acceptors (Lipinski definition) is 6. The van der Waals surface area contributed by atoms with Gasteiger partial charge in [0, 0.05) is 16.5 Å². The van der Waals surface area contributed by atoms with Crippen molar-refractivity contribution in [1.29, 1.82) is 0 Å². The fourth-order valence-electron chi connectivity index (χ4n) is 1.23. The van der Waals surface area contributed by atoms with Crippen LogP contribution in [-0.4, -0.2) is 24.5 Å². The fourth-order valence-corrected chi connectivity index (χ4v) is 3.93. The van der Waals surface area contributed by atoms with E-state index in [1.54, 1.807) is 0 Å². The first-order valence-corrected chi connectivity index (χ1v) is 8.11. The molecule has 7 nitrogen and oxygen atoms in total. The maximum Gasteiger partial charge on any atom is 0.345 e. The van der Waals surface area contributed by atoms with Gasteiger partial charge in [-0.3, -0.25) is 4.79 Å². The number of sulfonamides is 1. The summed E-state index contributed by atoms with van der Waals surface area (Å²) in [7, 11) is -3.78. The predicted molar refractivity (Wildman–Crippen MR) is 70.2 cm³/mol. The molecule has 2 aromatic rings. The predicted octanol–water partition coefficient (Wildman–Crippen LogP) is 0.675. The zero-order chi connectivity index (χ0) is 14.0. The van der Waals surface area contributed by atoms with Crippen LogP contribution in [0.3, 0.4) is 0 Å². The quantitative estimate of drug-likeness (QED) is 0.749. The largest absolute Gasteiger partial charge is 0.477 e. The average molecular weight is 320 g/mol. The number of rotatable bonds is 5. The van der Waals surface area contributed by atoms with Crippen LogP contribution in [0.15, 0.2) is 26.5 Å². The molecule has 0 bridgehead atoms. The van der Waals surface area contributed by atoms with Crippen LogP contribution in [0.1, 0.15) is 15.4 Å². The molecule has 0 radical (unpaired) electrons. The maximum absolute atomic E-state index is 11.9. The van der Waals surface area contributed by atoms with Crippen LogP contribution in [0.25, 0.3) is 0 Å². The normalized spacial score (nSPS) is 11.6. The van der Waals surface area contributed by atoms with E-state index < -0.39 is 16.0 Å². The standard InChI is InChI=1S/C9H8N2O5S3/c12-8(13)7-1-6(4-17-7)19(15,16)10-2-5-3-18-9(14)11-5/h1,3-4,10H,2H2,(H,11,14)(H,12,13). The van der Waals surface area contributed by atoms with Gasteiger partial charge < -0.3 is 10.1 Å². The van der Waals surface area contributed by atoms with Crippen LogP contribution in [0.2, 0.25) is 0 Å². The van der Waals surface area contributed by atoms with E-state index in [4.69, 9.17) is 5.11 Å². The number of aromatic nitrogens is 1. The Balaban J connectivity index is 2.13. The number of hydrogen-bond donors (Lipinski definition) is 3. The Labute approximate surface area is 115 Å². The van der Waals surface area contributed by atoms with Gasteiger partial charge >= 0.3 is 10.8 Å². The molecule has 0 fully saturated rings. The van der Waals surface area contributed by atoms with Crippen molar-refractivity contribution in [3.63, 3.8) is 0 Å². The van der Waals surface area contributed by atoms with Crippen LogP contribution < -0.4 is 9.60 Å². The Hall–Kier alpha value is -1.49. The van der Waals surface area contributed by atoms with Gasteiger partial charge in [0.05, 0.1) is 11.4 Å². The highest BCUT2D eigenvalue weighted by Crippen LogP contribution is 2.19. The summed E-state index contributed by atoms with van der Waals surface area (Å²) in [5, 5.41) is 11.5. The molecule has 2 aromatic heterocycles. The van der Waals surface area contributed by atoms with Crippen LogP contribution in [0.5, 0.6) is 0 Å². The Morgan fingerprint density at radius 3 is 2.63 bits per heavy atom. The molecule has 0 aliphatic carbocycles. The zero-order valence-electron chi connectivity index (χ0n) is 9.24. The van der Waals surface area contributed by atoms with Gasteiger partial charge in [0.25, 0.3) is 0 Å². The number of H-pyrrole nitrogens is 1. The van der Waals surface area contributed by atoms with E-state index in [1.807, 2.05) is 0 Å². The minimum Gasteiger partial charge on any atom is -0.477 e. The van der Waals surface area contributed by atoms with Crippen LogP contribution in [0, 0.1) is 0 Å². The first-order valence-electron chi connectivity index (χ1n) is 4.86. The number of thiophene rings is 1. The topological polar surface area (TPSA) is 116 Å². The van der Waals surface area contributed by atoms with Crippen LogP contribution in [-0.2, 0) is 16.6 Å². The summed E-state index contributed by atoms with van der Waals surface area (Å²) in [6.45, 7) is -0.0562. The maximum atomic E-state index is 11.9. The van der Waals surface area contributed by atoms with Gasteiger partial charge in [0.15, 0.2) is 0 Å². The summed E-state index contributed by atoms with van der Waals surface area (Å²) in [6.07, 6.45) is 0. The van der Waals surface area contributed by atoms with E-state index in [-0.39, 0.29) is 21.2 Å². The zero-order valence-corrected chi connectivity index (χ0v) is 11.7. The minimum atomic E-state index is -3.78. The number of carbonyl (C=O) groups is 1. The average Bonchev–Trinajstić information content (AvgIpc) is 2.95. The van der Waals surface area contributed by atoms with E-state index in [0.29, 0.717) is 5.69 Å². The lowest BCUT2D eigenvalue weighted by Gasteiger charge is -2.02. The second kappa shape index (κ2) is 5.25. The Bertz CT molecular complexity index is 755. The molecule has 2 heterocycles. The fraction of sp³-hybridized carbons (Fsp3) is 0.111. The molecule has 0 spiro atoms. The van der Waals surface area contributed by atoms with Gasteiger partial charge in [-0.15, -0.1) is 11.3 Å². The first-order chi connectivity index (χ1) is 8.88. The van der Waals surface area contributed by atoms with E-state index in [2.05, 4.69) is 9.71 Å². The van der Waals surface area contributed by atoms with Gasteiger partial charge in [-0.1, -0.05) is 11.3 Å². The lowest BCUT2D eigenvalue weighted by Crippen LogP contribution is -2.23. The summed E-state index contributed by atoms with van der Waals surface area (Å²) in [5.74, 6) is -1.17. The molecule has 0 saturated heterocycles. The monoisotopic (exact) mass is 320 g/mol. The molecule has 0 saturated carbocycles. The van der Waals surface area contributed by atoms with Crippen molar-refractivity contribution in [2.45, 2.75) is 11.4 Å². The third kappa shape index (κ3) is 3.29. The van der Waals surface area contributed by atoms with E-state index in [1.165, 1.54) is 10.8 Å². The molecule has 0 unspecified atom stereocenters. The van der Waals surface area contributed by atoms with Crippen molar-refractivity contribution in [1.82, 2.24) is 9.71 Å². The summed E-state index contributed by atoms with van der Waals surface area (Å²) in [4.78, 5) is 23.6. The van der Waals surface area contributed by atoms with Gasteiger partial charge in [0.1, 0.15) is 4.88 Å². The summed E-state index contributed by atoms with van der Waals surface area (Å²) >= 11 is 1.77. The van der Waals surface area contributed by atoms with Crippen molar-refractivity contribution in [2.75, 3.05) is 0 Å². The van der Waals surface area contributed by atoms with Crippen molar-refractivity contribution >= 4 is 38.7 Å². The van der Waals surface area contributed by atoms with Crippen molar-refractivity contribution in [3.05, 3.63) is 37.1 Å². The number of thiazole rings is 1. The number of aromatic amines is 1. The lowest BCUT2D eigenvalue weighted by atomic mass is 10.5. The molecule has 0 atom stereocenters. The smallest absolute Gasteiger partial charge is 0.345 e. The highest BCUT2D eigenvalue weighted by molar-refractivity contribution is 7.89. The SMILES string of the molecule is O=C(O)c1cc(S(=O)(=O)NCc2csc(=O)[nH]2)cs1. The number of aromatic carboxylic acids is 1. The highest BCUT2D eigenvalue weighted by Gasteiger charge is 2.18. The third-order valence-electron chi connectivity index (χ3n) is 2.12. The van der Waals surface area contributed by atoms with Gasteiger partial charge in [-0.25, -0.2) is 17.9 Å². The Morgan fingerprint density at radius 1 is 1.37 bits per heavy atom. The van der Waals surface area contributed by atoms with E-state index >= 15 is 0 Å². The molecule has 0 aromatic carbocycles. The molecule has 3 N–H and O–H groups in total. The second-order valence-electron chi connectivity index (χ2n) is 3.45. The van der Waals surface area contributed by atoms with Crippen molar-refractivity contribution < 1.29 is 18.3 Å². The van der Waals surface area contributed by atoms with Gasteiger partial charge in [0.2, 0.25) is 10.0 Å². The minimum absolute atomic E-state index is 0.0516. The molecule has 2 rings (SSSR count). The van der Waals surface area contributed by atoms with Crippen molar-refractivity contribution in [3.8, 4) is 0 Å². The van der Waals surface area contributed by atoms with Gasteiger partial charge in [-0.2, -0.15) is 0 Å². The van der Waals surface area contributed by atoms with Crippen LogP contribution in [0.4, 0.5) is 0 Å². The molecule has 0 aliphatic rings. The molecule has 10 heteroatoms. The summed E-state index contributed by atoms with van der Waals surface area (Å²) < 4.78 is 26.0. The molecular formula is C9H8N2O5S3. The second-order valence-corrected chi connectivity index (χ2v) is 6.97. The summed E-state index contributed by atoms with van der Waals surface area (Å²) in [5.41, 5.74) is 0.451. The highest BCUT2D eigenvalue weighted by atomic mass is 32.2. The first kappa shape index (κ1) is 13.9. The molecule has 0 aliphatic heterocycles. The third-order valence-corrected chi connectivity index (χ3v) is 5.29. The van der Waals surface area contributed by atoms with E-state index in [0.717, 1.165) is 28.7 Å². The number of carboxylic acids is 1. The van der Waals surface area contributed by atoms with E-state index in [9.17, 15) is 18.0 Å². The number of carboxylic acid groups (broad SMARTS) is 1. The lowest BCUT2D eigenvalue weighted by molar-refractivity contribution is 0.0702. The molecule has 102 valence electrons. The Kier molecular flexibility index (Phi) is 3.85. The van der Waals surface area contributed by atoms with Gasteiger partial charge in [-0.05, 0) is 6.07 Å². The molecular weight excluding hydrogens is 312 g/mol. The summed E-state index contributed by atoms with van der Waals surface area (Å²) in [6, 6.07) is 1.09.